The molecule has 25 heavy (non-hydrogen) atoms. The highest BCUT2D eigenvalue weighted by Crippen LogP contribution is 2.29. The van der Waals surface area contributed by atoms with Gasteiger partial charge >= 0.3 is 0 Å². The Bertz CT molecular complexity index is 904. The largest absolute Gasteiger partial charge is 0.491 e. The zero-order valence-electron chi connectivity index (χ0n) is 13.8. The van der Waals surface area contributed by atoms with E-state index in [4.69, 9.17) is 9.94 Å². The van der Waals surface area contributed by atoms with Gasteiger partial charge in [-0.3, -0.25) is 10.0 Å². The number of rotatable bonds is 5. The summed E-state index contributed by atoms with van der Waals surface area (Å²) in [7, 11) is 0. The Morgan fingerprint density at radius 2 is 2.04 bits per heavy atom. The number of imidazole rings is 1. The Morgan fingerprint density at radius 3 is 2.68 bits per heavy atom. The van der Waals surface area contributed by atoms with Crippen molar-refractivity contribution < 1.29 is 19.1 Å². The highest BCUT2D eigenvalue weighted by Gasteiger charge is 2.13. The van der Waals surface area contributed by atoms with Gasteiger partial charge in [0.2, 0.25) is 0 Å². The first-order valence-corrected chi connectivity index (χ1v) is 7.85. The van der Waals surface area contributed by atoms with Crippen LogP contribution in [0.3, 0.4) is 0 Å². The molecule has 6 nitrogen and oxygen atoms in total. The van der Waals surface area contributed by atoms with Gasteiger partial charge in [-0.15, -0.1) is 0 Å². The molecule has 130 valence electrons. The molecule has 3 rings (SSSR count). The zero-order chi connectivity index (χ0) is 18.0. The first kappa shape index (κ1) is 16.9. The molecular formula is C18H18FN3O3. The van der Waals surface area contributed by atoms with Crippen molar-refractivity contribution in [1.29, 1.82) is 0 Å². The predicted molar refractivity (Wildman–Crippen MR) is 91.1 cm³/mol. The van der Waals surface area contributed by atoms with Crippen LogP contribution in [0.4, 0.5) is 4.39 Å². The van der Waals surface area contributed by atoms with Crippen molar-refractivity contribution in [3.05, 3.63) is 47.8 Å². The quantitative estimate of drug-likeness (QED) is 0.489. The second-order valence-electron chi connectivity index (χ2n) is 6.11. The van der Waals surface area contributed by atoms with Crippen molar-refractivity contribution in [2.75, 3.05) is 6.61 Å². The fourth-order valence-corrected chi connectivity index (χ4v) is 2.40. The Morgan fingerprint density at radius 1 is 1.32 bits per heavy atom. The normalized spacial score (nSPS) is 11.1. The molecule has 0 aliphatic carbocycles. The fourth-order valence-electron chi connectivity index (χ4n) is 2.40. The molecule has 1 heterocycles. The maximum absolute atomic E-state index is 13.8. The molecule has 0 aliphatic heterocycles. The van der Waals surface area contributed by atoms with Gasteiger partial charge in [0, 0.05) is 17.2 Å². The van der Waals surface area contributed by atoms with Crippen molar-refractivity contribution in [3.8, 4) is 17.1 Å². The van der Waals surface area contributed by atoms with Gasteiger partial charge in [0.25, 0.3) is 5.91 Å². The third-order valence-electron chi connectivity index (χ3n) is 3.61. The SMILES string of the molecule is CC(C)COc1cc(F)cc2[nH]c(-c3ccc(C(=O)NO)cc3)nc12. The lowest BCUT2D eigenvalue weighted by Crippen LogP contribution is -2.18. The molecule has 0 spiro atoms. The van der Waals surface area contributed by atoms with E-state index in [2.05, 4.69) is 9.97 Å². The van der Waals surface area contributed by atoms with Gasteiger partial charge in [-0.2, -0.15) is 0 Å². The van der Waals surface area contributed by atoms with Crippen molar-refractivity contribution >= 4 is 16.9 Å². The van der Waals surface area contributed by atoms with E-state index in [9.17, 15) is 9.18 Å². The summed E-state index contributed by atoms with van der Waals surface area (Å²) in [6, 6.07) is 9.18. The standard InChI is InChI=1S/C18H18FN3O3/c1-10(2)9-25-15-8-13(19)7-14-16(15)21-17(20-14)11-3-5-12(6-4-11)18(23)22-24/h3-8,10,24H,9H2,1-2H3,(H,20,21)(H,22,23). The summed E-state index contributed by atoms with van der Waals surface area (Å²) in [5.41, 5.74) is 3.70. The minimum Gasteiger partial charge on any atom is -0.491 e. The van der Waals surface area contributed by atoms with Gasteiger partial charge < -0.3 is 9.72 Å². The number of hydrogen-bond donors (Lipinski definition) is 3. The summed E-state index contributed by atoms with van der Waals surface area (Å²) in [4.78, 5) is 18.9. The second kappa shape index (κ2) is 6.90. The van der Waals surface area contributed by atoms with Gasteiger partial charge in [0.05, 0.1) is 12.1 Å². The Labute approximate surface area is 143 Å². The first-order valence-electron chi connectivity index (χ1n) is 7.85. The topological polar surface area (TPSA) is 87.2 Å². The number of ether oxygens (including phenoxy) is 1. The summed E-state index contributed by atoms with van der Waals surface area (Å²) >= 11 is 0. The van der Waals surface area contributed by atoms with E-state index in [1.54, 1.807) is 29.7 Å². The molecule has 0 fully saturated rings. The molecule has 3 N–H and O–H groups in total. The van der Waals surface area contributed by atoms with E-state index in [1.165, 1.54) is 12.1 Å². The number of nitrogens with zero attached hydrogens (tertiary/aromatic N) is 1. The maximum atomic E-state index is 13.8. The fraction of sp³-hybridized carbons (Fsp3) is 0.222. The Hall–Kier alpha value is -2.93. The van der Waals surface area contributed by atoms with Crippen LogP contribution in [0.25, 0.3) is 22.4 Å². The van der Waals surface area contributed by atoms with Gasteiger partial charge in [-0.25, -0.2) is 14.9 Å². The Balaban J connectivity index is 1.97. The molecule has 0 atom stereocenters. The van der Waals surface area contributed by atoms with Gasteiger partial charge in [-0.1, -0.05) is 26.0 Å². The summed E-state index contributed by atoms with van der Waals surface area (Å²) in [5, 5.41) is 8.65. The third kappa shape index (κ3) is 3.61. The maximum Gasteiger partial charge on any atom is 0.274 e. The van der Waals surface area contributed by atoms with Gasteiger partial charge in [-0.05, 0) is 24.1 Å². The van der Waals surface area contributed by atoms with Crippen LogP contribution in [-0.2, 0) is 0 Å². The molecular weight excluding hydrogens is 325 g/mol. The van der Waals surface area contributed by atoms with Crippen LogP contribution >= 0.6 is 0 Å². The van der Waals surface area contributed by atoms with E-state index in [0.717, 1.165) is 5.56 Å². The lowest BCUT2D eigenvalue weighted by Gasteiger charge is -2.08. The number of fused-ring (bicyclic) bond motifs is 1. The molecule has 1 amide bonds. The molecule has 0 bridgehead atoms. The van der Waals surface area contributed by atoms with Crippen LogP contribution in [0.15, 0.2) is 36.4 Å². The minimum absolute atomic E-state index is 0.307. The smallest absolute Gasteiger partial charge is 0.274 e. The van der Waals surface area contributed by atoms with E-state index in [0.29, 0.717) is 40.7 Å². The molecule has 0 radical (unpaired) electrons. The summed E-state index contributed by atoms with van der Waals surface area (Å²) in [6.45, 7) is 4.48. The van der Waals surface area contributed by atoms with Crippen molar-refractivity contribution in [1.82, 2.24) is 15.4 Å². The number of benzene rings is 2. The van der Waals surface area contributed by atoms with Gasteiger partial charge in [0.1, 0.15) is 22.9 Å². The van der Waals surface area contributed by atoms with Crippen LogP contribution in [0.1, 0.15) is 24.2 Å². The number of hydrogen-bond acceptors (Lipinski definition) is 4. The second-order valence-corrected chi connectivity index (χ2v) is 6.11. The lowest BCUT2D eigenvalue weighted by molar-refractivity contribution is 0.0706. The third-order valence-corrected chi connectivity index (χ3v) is 3.61. The number of amides is 1. The van der Waals surface area contributed by atoms with Crippen LogP contribution in [-0.4, -0.2) is 27.7 Å². The number of halogens is 1. The lowest BCUT2D eigenvalue weighted by atomic mass is 10.1. The van der Waals surface area contributed by atoms with Crippen molar-refractivity contribution in [2.24, 2.45) is 5.92 Å². The number of hydroxylamine groups is 1. The minimum atomic E-state index is -0.595. The number of H-pyrrole nitrogens is 1. The van der Waals surface area contributed by atoms with Crippen LogP contribution in [0.5, 0.6) is 5.75 Å². The molecule has 2 aromatic carbocycles. The van der Waals surface area contributed by atoms with Crippen LogP contribution < -0.4 is 10.2 Å². The van der Waals surface area contributed by atoms with Crippen LogP contribution in [0, 0.1) is 11.7 Å². The molecule has 7 heteroatoms. The molecule has 1 aromatic heterocycles. The van der Waals surface area contributed by atoms with Gasteiger partial charge in [0.15, 0.2) is 0 Å². The van der Waals surface area contributed by atoms with E-state index in [1.807, 2.05) is 13.8 Å². The van der Waals surface area contributed by atoms with Crippen molar-refractivity contribution in [2.45, 2.75) is 13.8 Å². The average Bonchev–Trinajstić information content (AvgIpc) is 3.03. The summed E-state index contributed by atoms with van der Waals surface area (Å²) in [6.07, 6.45) is 0. The van der Waals surface area contributed by atoms with E-state index >= 15 is 0 Å². The number of aromatic amines is 1. The first-order chi connectivity index (χ1) is 12.0. The van der Waals surface area contributed by atoms with E-state index in [-0.39, 0.29) is 0 Å². The van der Waals surface area contributed by atoms with Crippen molar-refractivity contribution in [3.63, 3.8) is 0 Å². The monoisotopic (exact) mass is 343 g/mol. The highest BCUT2D eigenvalue weighted by molar-refractivity contribution is 5.94. The zero-order valence-corrected chi connectivity index (χ0v) is 13.8. The summed E-state index contributed by atoms with van der Waals surface area (Å²) < 4.78 is 19.5. The number of carbonyl (C=O) groups is 1. The Kier molecular flexibility index (Phi) is 4.67. The molecule has 0 saturated carbocycles. The highest BCUT2D eigenvalue weighted by atomic mass is 19.1. The number of nitrogens with one attached hydrogen (secondary N) is 2. The molecule has 3 aromatic rings. The molecule has 0 saturated heterocycles. The van der Waals surface area contributed by atoms with E-state index < -0.39 is 11.7 Å². The average molecular weight is 343 g/mol. The number of aromatic nitrogens is 2. The molecule has 0 aliphatic rings. The number of carbonyl (C=O) groups excluding carboxylic acids is 1. The summed E-state index contributed by atoms with van der Waals surface area (Å²) in [5.74, 6) is 0.231. The molecule has 0 unspecified atom stereocenters. The predicted octanol–water partition coefficient (Wildman–Crippen LogP) is 3.52. The van der Waals surface area contributed by atoms with Crippen LogP contribution in [0.2, 0.25) is 0 Å².